The van der Waals surface area contributed by atoms with Crippen LogP contribution in [0.5, 0.6) is 5.75 Å². The van der Waals surface area contributed by atoms with Crippen molar-refractivity contribution in [2.24, 2.45) is 0 Å². The number of carbonyl (C=O) groups is 2. The molecule has 28 heavy (non-hydrogen) atoms. The lowest BCUT2D eigenvalue weighted by Gasteiger charge is -2.06. The number of Topliss-reactive ketones (excluding diaryl/α,β-unsaturated/α-hetero) is 1. The summed E-state index contributed by atoms with van der Waals surface area (Å²) >= 11 is 0. The number of ketones is 1. The second-order valence-corrected chi connectivity index (χ2v) is 5.50. The van der Waals surface area contributed by atoms with E-state index in [0.717, 1.165) is 10.4 Å². The number of benzene rings is 2. The fourth-order valence-electron chi connectivity index (χ4n) is 2.23. The molecule has 0 spiro atoms. The molecule has 0 fully saturated rings. The summed E-state index contributed by atoms with van der Waals surface area (Å²) in [7, 11) is 0. The molecule has 144 valence electrons. The molecular formula is C18H14F2N4O4. The highest BCUT2D eigenvalue weighted by molar-refractivity contribution is 5.98. The van der Waals surface area contributed by atoms with Crippen LogP contribution >= 0.6 is 0 Å². The van der Waals surface area contributed by atoms with E-state index < -0.39 is 25.0 Å². The van der Waals surface area contributed by atoms with Gasteiger partial charge in [-0.15, -0.1) is 10.2 Å². The van der Waals surface area contributed by atoms with Crippen molar-refractivity contribution in [3.8, 4) is 17.1 Å². The molecule has 0 unspecified atom stereocenters. The van der Waals surface area contributed by atoms with Gasteiger partial charge in [-0.25, -0.2) is 4.79 Å². The van der Waals surface area contributed by atoms with Gasteiger partial charge in [0.15, 0.2) is 18.9 Å². The van der Waals surface area contributed by atoms with Crippen molar-refractivity contribution in [1.82, 2.24) is 20.2 Å². The van der Waals surface area contributed by atoms with Crippen LogP contribution in [0.15, 0.2) is 54.6 Å². The van der Waals surface area contributed by atoms with Gasteiger partial charge in [0.2, 0.25) is 5.82 Å². The maximum Gasteiger partial charge on any atom is 0.387 e. The van der Waals surface area contributed by atoms with Crippen LogP contribution in [0.1, 0.15) is 10.4 Å². The molecule has 3 aromatic rings. The second kappa shape index (κ2) is 8.80. The molecule has 1 aromatic heterocycles. The van der Waals surface area contributed by atoms with Gasteiger partial charge in [0.1, 0.15) is 5.75 Å². The number of nitrogens with zero attached hydrogens (tertiary/aromatic N) is 4. The van der Waals surface area contributed by atoms with Crippen LogP contribution in [-0.2, 0) is 16.1 Å². The molecule has 0 saturated heterocycles. The standard InChI is InChI=1S/C18H14F2N4O4/c19-18(20)28-14-8-6-12(7-9-14)15(25)11-27-16(26)10-24-22-17(21-23-24)13-4-2-1-3-5-13/h1-9,18H,10-11H2. The first kappa shape index (κ1) is 19.1. The number of hydrogen-bond acceptors (Lipinski definition) is 7. The van der Waals surface area contributed by atoms with Crippen molar-refractivity contribution in [2.75, 3.05) is 6.61 Å². The number of ether oxygens (including phenoxy) is 2. The van der Waals surface area contributed by atoms with E-state index >= 15 is 0 Å². The summed E-state index contributed by atoms with van der Waals surface area (Å²) in [5, 5.41) is 11.7. The molecule has 2 aromatic carbocycles. The van der Waals surface area contributed by atoms with Crippen molar-refractivity contribution >= 4 is 11.8 Å². The Hall–Kier alpha value is -3.69. The Labute approximate surface area is 157 Å². The van der Waals surface area contributed by atoms with Crippen LogP contribution < -0.4 is 4.74 Å². The van der Waals surface area contributed by atoms with Crippen LogP contribution in [-0.4, -0.2) is 45.2 Å². The molecule has 0 aliphatic heterocycles. The van der Waals surface area contributed by atoms with E-state index in [1.165, 1.54) is 24.3 Å². The summed E-state index contributed by atoms with van der Waals surface area (Å²) in [6, 6.07) is 14.2. The van der Waals surface area contributed by atoms with Gasteiger partial charge >= 0.3 is 12.6 Å². The lowest BCUT2D eigenvalue weighted by atomic mass is 10.1. The van der Waals surface area contributed by atoms with Crippen LogP contribution in [0.4, 0.5) is 8.78 Å². The van der Waals surface area contributed by atoms with Gasteiger partial charge in [0.25, 0.3) is 0 Å². The average Bonchev–Trinajstić information content (AvgIpc) is 3.15. The van der Waals surface area contributed by atoms with Gasteiger partial charge in [0, 0.05) is 11.1 Å². The molecule has 0 saturated carbocycles. The average molecular weight is 388 g/mol. The minimum absolute atomic E-state index is 0.0741. The number of carbonyl (C=O) groups excluding carboxylic acids is 2. The largest absolute Gasteiger partial charge is 0.456 e. The lowest BCUT2D eigenvalue weighted by Crippen LogP contribution is -2.19. The van der Waals surface area contributed by atoms with E-state index in [-0.39, 0.29) is 17.9 Å². The molecule has 10 heteroatoms. The van der Waals surface area contributed by atoms with Crippen molar-refractivity contribution in [1.29, 1.82) is 0 Å². The third-order valence-corrected chi connectivity index (χ3v) is 3.52. The van der Waals surface area contributed by atoms with Crippen LogP contribution in [0, 0.1) is 0 Å². The van der Waals surface area contributed by atoms with Gasteiger partial charge in [-0.2, -0.15) is 13.6 Å². The quantitative estimate of drug-likeness (QED) is 0.432. The van der Waals surface area contributed by atoms with Gasteiger partial charge in [0.05, 0.1) is 0 Å². The number of alkyl halides is 2. The number of esters is 1. The Morgan fingerprint density at radius 3 is 2.43 bits per heavy atom. The molecular weight excluding hydrogens is 374 g/mol. The Kier molecular flexibility index (Phi) is 6.00. The van der Waals surface area contributed by atoms with Crippen LogP contribution in [0.2, 0.25) is 0 Å². The smallest absolute Gasteiger partial charge is 0.387 e. The SMILES string of the molecule is O=C(Cn1nnc(-c2ccccc2)n1)OCC(=O)c1ccc(OC(F)F)cc1. The maximum atomic E-state index is 12.1. The molecule has 0 aliphatic carbocycles. The summed E-state index contributed by atoms with van der Waals surface area (Å²) in [6.07, 6.45) is 0. The van der Waals surface area contributed by atoms with E-state index in [4.69, 9.17) is 4.74 Å². The fraction of sp³-hybridized carbons (Fsp3) is 0.167. The first-order valence-electron chi connectivity index (χ1n) is 8.08. The van der Waals surface area contributed by atoms with Crippen molar-refractivity contribution < 1.29 is 27.8 Å². The number of halogens is 2. The summed E-state index contributed by atoms with van der Waals surface area (Å²) in [4.78, 5) is 24.9. The predicted molar refractivity (Wildman–Crippen MR) is 91.6 cm³/mol. The minimum atomic E-state index is -2.95. The number of tetrazole rings is 1. The van der Waals surface area contributed by atoms with Gasteiger partial charge < -0.3 is 9.47 Å². The summed E-state index contributed by atoms with van der Waals surface area (Å²) in [5.74, 6) is -0.929. The molecule has 3 rings (SSSR count). The van der Waals surface area contributed by atoms with E-state index in [0.29, 0.717) is 5.82 Å². The lowest BCUT2D eigenvalue weighted by molar-refractivity contribution is -0.143. The molecule has 1 heterocycles. The fourth-order valence-corrected chi connectivity index (χ4v) is 2.23. The maximum absolute atomic E-state index is 12.1. The van der Waals surface area contributed by atoms with Crippen molar-refractivity contribution in [2.45, 2.75) is 13.2 Å². The highest BCUT2D eigenvalue weighted by Crippen LogP contribution is 2.15. The molecule has 0 bridgehead atoms. The topological polar surface area (TPSA) is 96.2 Å². The van der Waals surface area contributed by atoms with Crippen LogP contribution in [0.3, 0.4) is 0 Å². The zero-order chi connectivity index (χ0) is 19.9. The Bertz CT molecular complexity index is 946. The van der Waals surface area contributed by atoms with Crippen molar-refractivity contribution in [3.05, 3.63) is 60.2 Å². The van der Waals surface area contributed by atoms with E-state index in [1.807, 2.05) is 18.2 Å². The Balaban J connectivity index is 1.50. The third kappa shape index (κ3) is 5.16. The molecule has 0 radical (unpaired) electrons. The molecule has 0 amide bonds. The summed E-state index contributed by atoms with van der Waals surface area (Å²) in [5.41, 5.74) is 0.941. The normalized spacial score (nSPS) is 10.7. The summed E-state index contributed by atoms with van der Waals surface area (Å²) < 4.78 is 33.3. The van der Waals surface area contributed by atoms with E-state index in [1.54, 1.807) is 12.1 Å². The molecule has 8 nitrogen and oxygen atoms in total. The molecule has 0 aliphatic rings. The molecule has 0 N–H and O–H groups in total. The van der Waals surface area contributed by atoms with Crippen LogP contribution in [0.25, 0.3) is 11.4 Å². The summed E-state index contributed by atoms with van der Waals surface area (Å²) in [6.45, 7) is -3.77. The van der Waals surface area contributed by atoms with Crippen molar-refractivity contribution in [3.63, 3.8) is 0 Å². The third-order valence-electron chi connectivity index (χ3n) is 3.52. The molecule has 0 atom stereocenters. The zero-order valence-electron chi connectivity index (χ0n) is 14.4. The first-order valence-corrected chi connectivity index (χ1v) is 8.08. The Morgan fingerprint density at radius 2 is 1.75 bits per heavy atom. The highest BCUT2D eigenvalue weighted by Gasteiger charge is 2.13. The Morgan fingerprint density at radius 1 is 1.04 bits per heavy atom. The highest BCUT2D eigenvalue weighted by atomic mass is 19.3. The predicted octanol–water partition coefficient (Wildman–Crippen LogP) is 2.37. The van der Waals surface area contributed by atoms with E-state index in [9.17, 15) is 18.4 Å². The number of hydrogen-bond donors (Lipinski definition) is 0. The first-order chi connectivity index (χ1) is 13.5. The van der Waals surface area contributed by atoms with Gasteiger partial charge in [-0.3, -0.25) is 4.79 Å². The monoisotopic (exact) mass is 388 g/mol. The minimum Gasteiger partial charge on any atom is -0.456 e. The van der Waals surface area contributed by atoms with Gasteiger partial charge in [-0.1, -0.05) is 30.3 Å². The zero-order valence-corrected chi connectivity index (χ0v) is 14.4. The second-order valence-electron chi connectivity index (χ2n) is 5.50. The number of aromatic nitrogens is 4. The van der Waals surface area contributed by atoms with E-state index in [2.05, 4.69) is 20.1 Å². The van der Waals surface area contributed by atoms with Gasteiger partial charge in [-0.05, 0) is 29.5 Å². The number of rotatable bonds is 8.